The van der Waals surface area contributed by atoms with Gasteiger partial charge in [0.1, 0.15) is 6.61 Å². The van der Waals surface area contributed by atoms with Crippen LogP contribution in [-0.4, -0.2) is 46.8 Å². The number of phosphoric ester groups is 1. The van der Waals surface area contributed by atoms with Gasteiger partial charge in [0.2, 0.25) is 0 Å². The van der Waals surface area contributed by atoms with Crippen molar-refractivity contribution in [2.24, 2.45) is 5.92 Å². The Labute approximate surface area is 343 Å². The average Bonchev–Trinajstić information content (AvgIpc) is 3.16. The van der Waals surface area contributed by atoms with Gasteiger partial charge in [-0.15, -0.1) is 0 Å². The molecule has 0 amide bonds. The minimum absolute atomic E-state index is 0.163. The van der Waals surface area contributed by atoms with Crippen molar-refractivity contribution in [1.82, 2.24) is 0 Å². The van der Waals surface area contributed by atoms with Crippen LogP contribution in [0.3, 0.4) is 0 Å². The smallest absolute Gasteiger partial charge is 0.462 e. The van der Waals surface area contributed by atoms with Crippen molar-refractivity contribution >= 4 is 25.5 Å². The second-order valence-electron chi connectivity index (χ2n) is 16.0. The molecule has 0 aromatic heterocycles. The molecule has 0 saturated carbocycles. The standard InChI is InChI=1S/C46H85O9P/c1-4-6-30-36-43(47)37-32-27-23-19-17-21-25-29-34-39-46(49)55-44(41-54-56(50,51)52)40-53-45(48)38-33-28-24-20-16-14-12-10-8-7-9-11-13-15-18-22-26-31-35-42(3)5-2/h23,27,32,37,42,44H,4-22,24-26,28-31,33-36,38-41H2,1-3H3,(H2,50,51,52)/b27-23-,37-32+/t42?,44-/m1/s1. The predicted molar refractivity (Wildman–Crippen MR) is 230 cm³/mol. The quantitative estimate of drug-likeness (QED) is 0.0203. The van der Waals surface area contributed by atoms with E-state index < -0.39 is 32.5 Å². The molecule has 10 heteroatoms. The first-order valence-electron chi connectivity index (χ1n) is 23.0. The van der Waals surface area contributed by atoms with Crippen LogP contribution in [0.1, 0.15) is 226 Å². The summed E-state index contributed by atoms with van der Waals surface area (Å²) in [5.74, 6) is 0.132. The van der Waals surface area contributed by atoms with Gasteiger partial charge in [-0.2, -0.15) is 0 Å². The molecule has 0 aliphatic carbocycles. The second kappa shape index (κ2) is 40.0. The highest BCUT2D eigenvalue weighted by Crippen LogP contribution is 2.36. The first-order valence-corrected chi connectivity index (χ1v) is 24.5. The van der Waals surface area contributed by atoms with Crippen LogP contribution in [0.15, 0.2) is 24.3 Å². The number of ether oxygens (including phenoxy) is 2. The van der Waals surface area contributed by atoms with E-state index in [0.29, 0.717) is 19.3 Å². The Hall–Kier alpha value is -1.80. The van der Waals surface area contributed by atoms with E-state index in [4.69, 9.17) is 19.3 Å². The zero-order chi connectivity index (χ0) is 41.4. The van der Waals surface area contributed by atoms with E-state index in [-0.39, 0.29) is 25.2 Å². The van der Waals surface area contributed by atoms with Gasteiger partial charge in [-0.05, 0) is 44.1 Å². The van der Waals surface area contributed by atoms with E-state index in [0.717, 1.165) is 70.1 Å². The van der Waals surface area contributed by atoms with Crippen molar-refractivity contribution in [3.8, 4) is 0 Å². The third-order valence-electron chi connectivity index (χ3n) is 10.5. The number of hydrogen-bond donors (Lipinski definition) is 2. The summed E-state index contributed by atoms with van der Waals surface area (Å²) >= 11 is 0. The molecule has 56 heavy (non-hydrogen) atoms. The van der Waals surface area contributed by atoms with Crippen molar-refractivity contribution in [3.05, 3.63) is 24.3 Å². The Kier molecular flexibility index (Phi) is 38.7. The molecule has 0 saturated heterocycles. The fourth-order valence-electron chi connectivity index (χ4n) is 6.63. The number of rotatable bonds is 42. The Morgan fingerprint density at radius 3 is 1.54 bits per heavy atom. The maximum atomic E-state index is 12.4. The third kappa shape index (κ3) is 41.8. The van der Waals surface area contributed by atoms with Crippen LogP contribution in [0.4, 0.5) is 0 Å². The maximum Gasteiger partial charge on any atom is 0.469 e. The van der Waals surface area contributed by atoms with E-state index in [1.54, 1.807) is 6.08 Å². The predicted octanol–water partition coefficient (Wildman–Crippen LogP) is 13.4. The molecule has 0 aliphatic rings. The lowest BCUT2D eigenvalue weighted by molar-refractivity contribution is -0.161. The van der Waals surface area contributed by atoms with Crippen molar-refractivity contribution in [2.45, 2.75) is 232 Å². The SMILES string of the molecule is CCCCCC(=O)/C=C/C=C\CCCCCCCC(=O)O[C@H](COC(=O)CCCCCCCCCCCCCCCCCCCCC(C)CC)COP(=O)(O)O. The molecule has 0 rings (SSSR count). The van der Waals surface area contributed by atoms with Gasteiger partial charge in [0, 0.05) is 19.3 Å². The zero-order valence-electron chi connectivity index (χ0n) is 36.2. The molecule has 0 bridgehead atoms. The highest BCUT2D eigenvalue weighted by Gasteiger charge is 2.23. The Balaban J connectivity index is 3.87. The van der Waals surface area contributed by atoms with Crippen molar-refractivity contribution in [2.75, 3.05) is 13.2 Å². The minimum atomic E-state index is -4.77. The van der Waals surface area contributed by atoms with Gasteiger partial charge in [-0.3, -0.25) is 18.9 Å². The Morgan fingerprint density at radius 2 is 1.04 bits per heavy atom. The van der Waals surface area contributed by atoms with Crippen LogP contribution in [0.25, 0.3) is 0 Å². The van der Waals surface area contributed by atoms with Crippen LogP contribution in [0.2, 0.25) is 0 Å². The molecule has 1 unspecified atom stereocenters. The summed E-state index contributed by atoms with van der Waals surface area (Å²) in [4.78, 5) is 54.6. The fourth-order valence-corrected chi connectivity index (χ4v) is 6.99. The first kappa shape index (κ1) is 54.2. The van der Waals surface area contributed by atoms with Gasteiger partial charge in [0.05, 0.1) is 6.61 Å². The topological polar surface area (TPSA) is 136 Å². The van der Waals surface area contributed by atoms with Gasteiger partial charge < -0.3 is 19.3 Å². The molecule has 0 radical (unpaired) electrons. The molecular formula is C46H85O9P. The lowest BCUT2D eigenvalue weighted by Crippen LogP contribution is -2.29. The molecule has 2 atom stereocenters. The van der Waals surface area contributed by atoms with Gasteiger partial charge in [0.25, 0.3) is 0 Å². The first-order chi connectivity index (χ1) is 27.1. The van der Waals surface area contributed by atoms with Crippen LogP contribution >= 0.6 is 7.82 Å². The molecule has 9 nitrogen and oxygen atoms in total. The average molecular weight is 813 g/mol. The number of esters is 2. The lowest BCUT2D eigenvalue weighted by Gasteiger charge is -2.18. The van der Waals surface area contributed by atoms with Crippen LogP contribution < -0.4 is 0 Å². The Morgan fingerprint density at radius 1 is 0.571 bits per heavy atom. The van der Waals surface area contributed by atoms with Crippen molar-refractivity contribution in [1.29, 1.82) is 0 Å². The van der Waals surface area contributed by atoms with E-state index >= 15 is 0 Å². The number of hydrogen-bond acceptors (Lipinski definition) is 7. The number of unbranched alkanes of at least 4 members (excludes halogenated alkanes) is 24. The molecule has 0 heterocycles. The van der Waals surface area contributed by atoms with E-state index in [1.807, 2.05) is 12.2 Å². The number of carbonyl (C=O) groups is 3. The van der Waals surface area contributed by atoms with Crippen molar-refractivity contribution < 1.29 is 42.7 Å². The molecule has 328 valence electrons. The summed E-state index contributed by atoms with van der Waals surface area (Å²) in [6.45, 7) is 5.92. The molecule has 2 N–H and O–H groups in total. The zero-order valence-corrected chi connectivity index (χ0v) is 37.1. The van der Waals surface area contributed by atoms with Gasteiger partial charge in [-0.1, -0.05) is 193 Å². The highest BCUT2D eigenvalue weighted by atomic mass is 31.2. The van der Waals surface area contributed by atoms with E-state index in [9.17, 15) is 18.9 Å². The molecule has 0 aromatic rings. The molecule has 0 fully saturated rings. The van der Waals surface area contributed by atoms with Crippen LogP contribution in [0.5, 0.6) is 0 Å². The summed E-state index contributed by atoms with van der Waals surface area (Å²) in [7, 11) is -4.77. The molecular weight excluding hydrogens is 727 g/mol. The highest BCUT2D eigenvalue weighted by molar-refractivity contribution is 7.46. The Bertz CT molecular complexity index is 1040. The number of carbonyl (C=O) groups excluding carboxylic acids is 3. The van der Waals surface area contributed by atoms with Gasteiger partial charge in [0.15, 0.2) is 11.9 Å². The van der Waals surface area contributed by atoms with Crippen LogP contribution in [0, 0.1) is 5.92 Å². The van der Waals surface area contributed by atoms with Crippen LogP contribution in [-0.2, 0) is 32.9 Å². The summed E-state index contributed by atoms with van der Waals surface area (Å²) in [6.07, 6.45) is 41.7. The molecule has 0 spiro atoms. The molecule has 0 aromatic carbocycles. The lowest BCUT2D eigenvalue weighted by atomic mass is 9.99. The van der Waals surface area contributed by atoms with E-state index in [1.165, 1.54) is 109 Å². The summed E-state index contributed by atoms with van der Waals surface area (Å²) < 4.78 is 26.4. The largest absolute Gasteiger partial charge is 0.469 e. The third-order valence-corrected chi connectivity index (χ3v) is 11.0. The maximum absolute atomic E-state index is 12.4. The fraction of sp³-hybridized carbons (Fsp3) is 0.848. The number of phosphoric acid groups is 1. The monoisotopic (exact) mass is 813 g/mol. The summed E-state index contributed by atoms with van der Waals surface area (Å²) in [5.41, 5.74) is 0. The molecule has 0 aliphatic heterocycles. The van der Waals surface area contributed by atoms with Crippen molar-refractivity contribution in [3.63, 3.8) is 0 Å². The van der Waals surface area contributed by atoms with Gasteiger partial charge in [-0.25, -0.2) is 4.57 Å². The summed E-state index contributed by atoms with van der Waals surface area (Å²) in [5, 5.41) is 0. The minimum Gasteiger partial charge on any atom is -0.462 e. The van der Waals surface area contributed by atoms with E-state index in [2.05, 4.69) is 31.4 Å². The normalized spacial score (nSPS) is 13.1. The van der Waals surface area contributed by atoms with Gasteiger partial charge >= 0.3 is 19.8 Å². The second-order valence-corrected chi connectivity index (χ2v) is 17.3. The summed E-state index contributed by atoms with van der Waals surface area (Å²) in [6, 6.07) is 0. The number of allylic oxidation sites excluding steroid dienone is 4. The number of ketones is 1.